The fourth-order valence-electron chi connectivity index (χ4n) is 4.25. The van der Waals surface area contributed by atoms with Gasteiger partial charge in [-0.15, -0.1) is 0 Å². The topological polar surface area (TPSA) is 147 Å². The first-order chi connectivity index (χ1) is 21.6. The number of carbonyl (C=O) groups excluding carboxylic acids is 3. The zero-order valence-electron chi connectivity index (χ0n) is 24.6. The number of aliphatic carboxylic acids is 2. The van der Waals surface area contributed by atoms with Crippen LogP contribution in [0.3, 0.4) is 0 Å². The molecule has 1 saturated heterocycles. The smallest absolute Gasteiger partial charge is 0.430 e. The number of likely N-dealkylation sites (N-methyl/N-ethyl adjacent to an activating group) is 1. The molecule has 0 unspecified atom stereocenters. The predicted molar refractivity (Wildman–Crippen MR) is 149 cm³/mol. The van der Waals surface area contributed by atoms with Crippen molar-refractivity contribution in [1.82, 2.24) is 14.3 Å². The fourth-order valence-corrected chi connectivity index (χ4v) is 4.69. The van der Waals surface area contributed by atoms with Gasteiger partial charge in [0, 0.05) is 18.3 Å². The molecule has 1 aliphatic rings. The number of halogens is 9. The summed E-state index contributed by atoms with van der Waals surface area (Å²) in [5.41, 5.74) is 1.48. The van der Waals surface area contributed by atoms with Crippen molar-refractivity contribution in [3.05, 3.63) is 73.6 Å². The lowest BCUT2D eigenvalue weighted by Gasteiger charge is -2.32. The monoisotopic (exact) mass is 721 g/mol. The molecule has 2 aromatic heterocycles. The maximum Gasteiger partial charge on any atom is 0.430 e. The number of piperazine rings is 1. The summed E-state index contributed by atoms with van der Waals surface area (Å²) in [6.07, 6.45) is -8.50. The first kappa shape index (κ1) is 39.3. The van der Waals surface area contributed by atoms with E-state index in [1.54, 1.807) is 27.6 Å². The van der Waals surface area contributed by atoms with E-state index in [-0.39, 0.29) is 27.2 Å². The van der Waals surface area contributed by atoms with Gasteiger partial charge in [0.05, 0.1) is 50.9 Å². The molecule has 0 aliphatic carbocycles. The van der Waals surface area contributed by atoms with Gasteiger partial charge in [0.15, 0.2) is 0 Å². The summed E-state index contributed by atoms with van der Waals surface area (Å²) in [4.78, 5) is 50.1. The van der Waals surface area contributed by atoms with Crippen LogP contribution in [0.15, 0.2) is 35.3 Å². The molecule has 1 aromatic carbocycles. The third-order valence-corrected chi connectivity index (χ3v) is 7.39. The van der Waals surface area contributed by atoms with E-state index in [9.17, 15) is 40.3 Å². The number of nitrogens with one attached hydrogen (secondary N) is 3. The van der Waals surface area contributed by atoms with Crippen molar-refractivity contribution in [2.75, 3.05) is 53.4 Å². The molecule has 0 radical (unpaired) electrons. The Hall–Kier alpha value is -3.87. The van der Waals surface area contributed by atoms with Gasteiger partial charge < -0.3 is 39.5 Å². The minimum absolute atomic E-state index is 0.0611. The van der Waals surface area contributed by atoms with Gasteiger partial charge in [0.1, 0.15) is 41.5 Å². The van der Waals surface area contributed by atoms with E-state index in [0.717, 1.165) is 31.7 Å². The SMILES string of the molecule is C[NH+](C)CC[NH+]1CCN(C(=O)c2cc(Cc3c[nH]c(=O)c4cc(Cl)c(Cl)n34)ccc2F)CC1.O=C([O-])C(F)(F)F.O=C([O-])C(F)(F)F. The Labute approximate surface area is 271 Å². The summed E-state index contributed by atoms with van der Waals surface area (Å²) in [5.74, 6) is -6.84. The second kappa shape index (κ2) is 16.3. The summed E-state index contributed by atoms with van der Waals surface area (Å²) in [7, 11) is 4.26. The number of amides is 1. The van der Waals surface area contributed by atoms with Gasteiger partial charge in [-0.25, -0.2) is 4.39 Å². The fraction of sp³-hybridized carbons (Fsp3) is 0.407. The van der Waals surface area contributed by atoms with Crippen LogP contribution in [0, 0.1) is 5.82 Å². The second-order valence-corrected chi connectivity index (χ2v) is 11.2. The largest absolute Gasteiger partial charge is 0.542 e. The number of H-pyrrole nitrogens is 1. The first-order valence-corrected chi connectivity index (χ1v) is 14.2. The Morgan fingerprint density at radius 2 is 1.51 bits per heavy atom. The van der Waals surface area contributed by atoms with Gasteiger partial charge in [-0.1, -0.05) is 29.3 Å². The molecule has 47 heavy (non-hydrogen) atoms. The number of carbonyl (C=O) groups is 3. The van der Waals surface area contributed by atoms with Crippen LogP contribution in [0.5, 0.6) is 0 Å². The van der Waals surface area contributed by atoms with Crippen LogP contribution in [0.2, 0.25) is 10.2 Å². The van der Waals surface area contributed by atoms with Crippen molar-refractivity contribution >= 4 is 46.6 Å². The van der Waals surface area contributed by atoms with Crippen molar-refractivity contribution in [3.8, 4) is 0 Å². The Bertz CT molecular complexity index is 1610. The number of aromatic amines is 1. The van der Waals surface area contributed by atoms with Crippen molar-refractivity contribution in [2.24, 2.45) is 0 Å². The van der Waals surface area contributed by atoms with E-state index in [4.69, 9.17) is 43.0 Å². The number of alkyl halides is 6. The minimum atomic E-state index is -5.19. The van der Waals surface area contributed by atoms with Gasteiger partial charge in [0.2, 0.25) is 0 Å². The molecule has 1 aliphatic heterocycles. The van der Waals surface area contributed by atoms with Gasteiger partial charge in [-0.05, 0) is 23.8 Å². The van der Waals surface area contributed by atoms with Crippen molar-refractivity contribution < 1.29 is 65.1 Å². The number of benzene rings is 1. The van der Waals surface area contributed by atoms with Gasteiger partial charge >= 0.3 is 12.4 Å². The molecule has 0 saturated carbocycles. The summed E-state index contributed by atoms with van der Waals surface area (Å²) < 4.78 is 79.3. The first-order valence-electron chi connectivity index (χ1n) is 13.5. The number of fused-ring (bicyclic) bond motifs is 1. The number of carboxylic acid groups (broad SMARTS) is 2. The molecule has 0 spiro atoms. The molecule has 3 N–H and O–H groups in total. The van der Waals surface area contributed by atoms with E-state index in [1.807, 2.05) is 0 Å². The number of rotatable bonds is 6. The van der Waals surface area contributed by atoms with E-state index in [2.05, 4.69) is 19.1 Å². The standard InChI is InChI=1S/C23H26Cl2FN5O2.2C2HF3O2/c1-28(2)5-6-29-7-9-30(10-8-29)23(33)17-12-15(3-4-19(17)26)11-16-14-27-22(32)20-13-18(24)21(25)31(16)20;2*3-2(4,5)1(6)7/h3-4,12-14H,5-11H2,1-2H3,(H,27,32);2*(H,6,7). The molecule has 4 rings (SSSR count). The Morgan fingerprint density at radius 3 is 2.00 bits per heavy atom. The van der Waals surface area contributed by atoms with Crippen molar-refractivity contribution in [1.29, 1.82) is 0 Å². The van der Waals surface area contributed by atoms with Crippen LogP contribution >= 0.6 is 23.2 Å². The highest BCUT2D eigenvalue weighted by molar-refractivity contribution is 6.42. The van der Waals surface area contributed by atoms with E-state index >= 15 is 0 Å². The Kier molecular flexibility index (Phi) is 13.6. The van der Waals surface area contributed by atoms with Gasteiger partial charge in [-0.3, -0.25) is 14.0 Å². The van der Waals surface area contributed by atoms with Gasteiger partial charge in [0.25, 0.3) is 11.5 Å². The highest BCUT2D eigenvalue weighted by Crippen LogP contribution is 2.27. The molecule has 1 fully saturated rings. The molecule has 11 nitrogen and oxygen atoms in total. The van der Waals surface area contributed by atoms with Crippen LogP contribution in [0.4, 0.5) is 30.7 Å². The lowest BCUT2D eigenvalue weighted by Crippen LogP contribution is -3.19. The zero-order chi connectivity index (χ0) is 35.9. The minimum Gasteiger partial charge on any atom is -0.542 e. The van der Waals surface area contributed by atoms with E-state index in [0.29, 0.717) is 30.7 Å². The number of nitrogens with zero attached hydrogens (tertiary/aromatic N) is 2. The quantitative estimate of drug-likeness (QED) is 0.271. The molecule has 1 amide bonds. The lowest BCUT2D eigenvalue weighted by atomic mass is 10.0. The highest BCUT2D eigenvalue weighted by atomic mass is 35.5. The molecule has 3 heterocycles. The molecular weight excluding hydrogens is 694 g/mol. The second-order valence-electron chi connectivity index (χ2n) is 10.4. The number of carboxylic acids is 2. The van der Waals surface area contributed by atoms with Crippen LogP contribution in [-0.2, 0) is 16.0 Å². The molecular formula is C27H28Cl2F7N5O6. The number of quaternary nitrogens is 2. The van der Waals surface area contributed by atoms with Crippen molar-refractivity contribution in [3.63, 3.8) is 0 Å². The molecule has 3 aromatic rings. The van der Waals surface area contributed by atoms with Crippen molar-refractivity contribution in [2.45, 2.75) is 18.8 Å². The number of hydrogen-bond donors (Lipinski definition) is 3. The molecule has 20 heteroatoms. The van der Waals surface area contributed by atoms with Crippen LogP contribution < -0.4 is 25.6 Å². The van der Waals surface area contributed by atoms with E-state index in [1.165, 1.54) is 21.9 Å². The Morgan fingerprint density at radius 1 is 0.979 bits per heavy atom. The van der Waals surface area contributed by atoms with Crippen LogP contribution in [-0.4, -0.2) is 97.8 Å². The molecule has 0 atom stereocenters. The normalized spacial score (nSPS) is 13.9. The summed E-state index contributed by atoms with van der Waals surface area (Å²) in [6, 6.07) is 6.04. The Balaban J connectivity index is 0.000000459. The summed E-state index contributed by atoms with van der Waals surface area (Å²) >= 11 is 12.4. The molecule has 0 bridgehead atoms. The number of aromatic nitrogens is 2. The lowest BCUT2D eigenvalue weighted by molar-refractivity contribution is -0.943. The van der Waals surface area contributed by atoms with Crippen LogP contribution in [0.25, 0.3) is 5.52 Å². The number of hydrogen-bond acceptors (Lipinski definition) is 6. The average molecular weight is 722 g/mol. The zero-order valence-corrected chi connectivity index (χ0v) is 26.1. The maximum absolute atomic E-state index is 14.6. The average Bonchev–Trinajstić information content (AvgIpc) is 3.28. The van der Waals surface area contributed by atoms with E-state index < -0.39 is 30.1 Å². The summed E-state index contributed by atoms with van der Waals surface area (Å²) in [5, 5.41) is 18.1. The molecule has 260 valence electrons. The third kappa shape index (κ3) is 11.4. The third-order valence-electron chi connectivity index (χ3n) is 6.63. The highest BCUT2D eigenvalue weighted by Gasteiger charge is 2.30. The van der Waals surface area contributed by atoms with Crippen LogP contribution in [0.1, 0.15) is 21.6 Å². The van der Waals surface area contributed by atoms with Gasteiger partial charge in [-0.2, -0.15) is 26.3 Å². The summed E-state index contributed by atoms with van der Waals surface area (Å²) in [6.45, 7) is 5.09. The maximum atomic E-state index is 14.6. The predicted octanol–water partition coefficient (Wildman–Crippen LogP) is -1.25.